The van der Waals surface area contributed by atoms with Gasteiger partial charge in [0, 0.05) is 17.9 Å². The third-order valence-corrected chi connectivity index (χ3v) is 8.90. The highest BCUT2D eigenvalue weighted by Gasteiger charge is 2.54. The zero-order valence-corrected chi connectivity index (χ0v) is 26.4. The van der Waals surface area contributed by atoms with Crippen LogP contribution in [0.5, 0.6) is 11.5 Å². The highest BCUT2D eigenvalue weighted by Crippen LogP contribution is 2.40. The minimum absolute atomic E-state index is 0.141. The first-order valence-corrected chi connectivity index (χ1v) is 15.1. The van der Waals surface area contributed by atoms with Crippen molar-refractivity contribution < 1.29 is 28.4 Å². The molecule has 8 nitrogen and oxygen atoms in total. The van der Waals surface area contributed by atoms with E-state index < -0.39 is 24.4 Å². The first-order valence-electron chi connectivity index (χ1n) is 15.1. The molecule has 228 valence electrons. The predicted molar refractivity (Wildman–Crippen MR) is 165 cm³/mol. The summed E-state index contributed by atoms with van der Waals surface area (Å²) in [5.74, 6) is 0.570. The zero-order chi connectivity index (χ0) is 30.7. The van der Waals surface area contributed by atoms with E-state index in [0.29, 0.717) is 43.1 Å². The third kappa shape index (κ3) is 7.12. The van der Waals surface area contributed by atoms with Crippen LogP contribution in [0.3, 0.4) is 0 Å². The van der Waals surface area contributed by atoms with E-state index in [4.69, 9.17) is 18.8 Å². The Kier molecular flexibility index (Phi) is 9.94. The Morgan fingerprint density at radius 1 is 0.976 bits per heavy atom. The summed E-state index contributed by atoms with van der Waals surface area (Å²) in [6.45, 7) is 12.2. The fraction of sp³-hybridized carbons (Fsp3) is 0.576. The maximum absolute atomic E-state index is 13.9. The van der Waals surface area contributed by atoms with Gasteiger partial charge in [-0.1, -0.05) is 50.2 Å². The standard InChI is InChI=1S/C33H47BN2O6/c1-21(2)18-28(34-41-32(3,4)33(5,6)42-34)36-31(38)26(19-22-12-10-9-11-13-22)35-30(37)24-15-14-23-16-17-27(39-7)29(40-8)25(23)20-24/h9-13,16-17,21,24,26,28H,14-15,18-20H2,1-8H3,(H,35,37)(H,36,38)/t24?,26-,28-/m0/s1. The van der Waals surface area contributed by atoms with Crippen molar-refractivity contribution in [1.29, 1.82) is 0 Å². The Balaban J connectivity index is 1.54. The fourth-order valence-corrected chi connectivity index (χ4v) is 5.82. The van der Waals surface area contributed by atoms with E-state index in [1.165, 1.54) is 0 Å². The smallest absolute Gasteiger partial charge is 0.481 e. The first kappa shape index (κ1) is 31.9. The van der Waals surface area contributed by atoms with Crippen molar-refractivity contribution in [1.82, 2.24) is 10.6 Å². The molecule has 0 aromatic heterocycles. The minimum Gasteiger partial charge on any atom is -0.493 e. The van der Waals surface area contributed by atoms with Gasteiger partial charge in [-0.15, -0.1) is 0 Å². The lowest BCUT2D eigenvalue weighted by atomic mass is 9.73. The van der Waals surface area contributed by atoms with Crippen LogP contribution < -0.4 is 20.1 Å². The van der Waals surface area contributed by atoms with Crippen molar-refractivity contribution in [3.05, 3.63) is 59.2 Å². The van der Waals surface area contributed by atoms with E-state index in [0.717, 1.165) is 23.1 Å². The van der Waals surface area contributed by atoms with Crippen LogP contribution in [0.2, 0.25) is 0 Å². The number of fused-ring (bicyclic) bond motifs is 1. The molecule has 2 aromatic carbocycles. The Bertz CT molecular complexity index is 1230. The summed E-state index contributed by atoms with van der Waals surface area (Å²) < 4.78 is 23.8. The molecule has 2 N–H and O–H groups in total. The Hall–Kier alpha value is -3.04. The second-order valence-electron chi connectivity index (χ2n) is 13.0. The normalized spacial score (nSPS) is 20.4. The molecule has 1 heterocycles. The summed E-state index contributed by atoms with van der Waals surface area (Å²) in [4.78, 5) is 27.7. The molecule has 0 radical (unpaired) electrons. The molecule has 0 bridgehead atoms. The quantitative estimate of drug-likeness (QED) is 0.376. The molecule has 2 aromatic rings. The van der Waals surface area contributed by atoms with Crippen LogP contribution in [0, 0.1) is 11.8 Å². The summed E-state index contributed by atoms with van der Waals surface area (Å²) in [6, 6.07) is 13.0. The van der Waals surface area contributed by atoms with Gasteiger partial charge < -0.3 is 29.4 Å². The summed E-state index contributed by atoms with van der Waals surface area (Å²) in [5.41, 5.74) is 2.08. The zero-order valence-electron chi connectivity index (χ0n) is 26.4. The number of methoxy groups -OCH3 is 2. The van der Waals surface area contributed by atoms with Crippen molar-refractivity contribution in [2.45, 2.75) is 96.8 Å². The maximum Gasteiger partial charge on any atom is 0.481 e. The van der Waals surface area contributed by atoms with Crippen LogP contribution in [0.15, 0.2) is 42.5 Å². The molecule has 1 unspecified atom stereocenters. The van der Waals surface area contributed by atoms with Crippen molar-refractivity contribution in [2.75, 3.05) is 14.2 Å². The van der Waals surface area contributed by atoms with Crippen molar-refractivity contribution >= 4 is 18.9 Å². The Morgan fingerprint density at radius 2 is 1.64 bits per heavy atom. The number of ether oxygens (including phenoxy) is 2. The number of carbonyl (C=O) groups excluding carboxylic acids is 2. The lowest BCUT2D eigenvalue weighted by molar-refractivity contribution is -0.131. The number of benzene rings is 2. The van der Waals surface area contributed by atoms with Crippen LogP contribution >= 0.6 is 0 Å². The molecule has 42 heavy (non-hydrogen) atoms. The summed E-state index contributed by atoms with van der Waals surface area (Å²) in [5, 5.41) is 6.31. The molecule has 1 saturated heterocycles. The molecule has 1 aliphatic carbocycles. The van der Waals surface area contributed by atoms with Crippen molar-refractivity contribution in [3.8, 4) is 11.5 Å². The molecule has 2 aliphatic rings. The highest BCUT2D eigenvalue weighted by atomic mass is 16.7. The lowest BCUT2D eigenvalue weighted by Gasteiger charge is -2.32. The van der Waals surface area contributed by atoms with Gasteiger partial charge in [0.1, 0.15) is 6.04 Å². The molecule has 0 spiro atoms. The van der Waals surface area contributed by atoms with Gasteiger partial charge in [0.15, 0.2) is 11.5 Å². The maximum atomic E-state index is 13.9. The average molecular weight is 579 g/mol. The third-order valence-electron chi connectivity index (χ3n) is 8.90. The van der Waals surface area contributed by atoms with Crippen LogP contribution in [-0.4, -0.2) is 56.3 Å². The number of rotatable bonds is 11. The van der Waals surface area contributed by atoms with E-state index in [1.807, 2.05) is 70.2 Å². The SMILES string of the molecule is COc1ccc2c(c1OC)CC(C(=O)N[C@@H](Cc1ccccc1)C(=O)N[C@@H](CC(C)C)B1OC(C)(C)C(C)(C)O1)CC2. The Morgan fingerprint density at radius 3 is 2.24 bits per heavy atom. The largest absolute Gasteiger partial charge is 0.493 e. The van der Waals surface area contributed by atoms with Gasteiger partial charge in [-0.05, 0) is 76.5 Å². The van der Waals surface area contributed by atoms with Crippen LogP contribution in [0.1, 0.15) is 71.1 Å². The average Bonchev–Trinajstić information content (AvgIpc) is 3.17. The number of nitrogens with one attached hydrogen (secondary N) is 2. The van der Waals surface area contributed by atoms with Crippen molar-refractivity contribution in [2.24, 2.45) is 11.8 Å². The molecule has 1 fully saturated rings. The topological polar surface area (TPSA) is 95.1 Å². The number of aryl methyl sites for hydroxylation is 1. The van der Waals surface area contributed by atoms with E-state index in [1.54, 1.807) is 14.2 Å². The van der Waals surface area contributed by atoms with Gasteiger partial charge in [-0.25, -0.2) is 0 Å². The van der Waals surface area contributed by atoms with Gasteiger partial charge in [-0.3, -0.25) is 9.59 Å². The van der Waals surface area contributed by atoms with Crippen LogP contribution in [0.25, 0.3) is 0 Å². The first-order chi connectivity index (χ1) is 19.8. The molecule has 0 saturated carbocycles. The van der Waals surface area contributed by atoms with Crippen LogP contribution in [-0.2, 0) is 38.2 Å². The lowest BCUT2D eigenvalue weighted by Crippen LogP contribution is -2.56. The number of carbonyl (C=O) groups is 2. The minimum atomic E-state index is -0.759. The molecule has 9 heteroatoms. The van der Waals surface area contributed by atoms with Crippen LogP contribution in [0.4, 0.5) is 0 Å². The van der Waals surface area contributed by atoms with Gasteiger partial charge in [0.25, 0.3) is 0 Å². The number of hydrogen-bond donors (Lipinski definition) is 2. The molecular weight excluding hydrogens is 531 g/mol. The van der Waals surface area contributed by atoms with Gasteiger partial charge >= 0.3 is 7.12 Å². The number of hydrogen-bond acceptors (Lipinski definition) is 6. The second-order valence-corrected chi connectivity index (χ2v) is 13.0. The monoisotopic (exact) mass is 578 g/mol. The van der Waals surface area contributed by atoms with E-state index in [2.05, 4.69) is 24.5 Å². The highest BCUT2D eigenvalue weighted by molar-refractivity contribution is 6.48. The molecule has 3 atom stereocenters. The summed E-state index contributed by atoms with van der Waals surface area (Å²) >= 11 is 0. The predicted octanol–water partition coefficient (Wildman–Crippen LogP) is 4.70. The fourth-order valence-electron chi connectivity index (χ4n) is 5.82. The molecular formula is C33H47BN2O6. The second kappa shape index (κ2) is 13.1. The van der Waals surface area contributed by atoms with Gasteiger partial charge in [0.05, 0.1) is 31.4 Å². The Labute approximate surface area is 251 Å². The van der Waals surface area contributed by atoms with E-state index in [-0.39, 0.29) is 23.7 Å². The summed E-state index contributed by atoms with van der Waals surface area (Å²) in [7, 11) is 2.64. The van der Waals surface area contributed by atoms with Gasteiger partial charge in [0.2, 0.25) is 11.8 Å². The molecule has 2 amide bonds. The van der Waals surface area contributed by atoms with E-state index in [9.17, 15) is 9.59 Å². The number of amides is 2. The van der Waals surface area contributed by atoms with E-state index >= 15 is 0 Å². The summed E-state index contributed by atoms with van der Waals surface area (Å²) in [6.07, 6.45) is 3.01. The molecule has 1 aliphatic heterocycles. The van der Waals surface area contributed by atoms with Crippen molar-refractivity contribution in [3.63, 3.8) is 0 Å². The molecule has 4 rings (SSSR count). The van der Waals surface area contributed by atoms with Gasteiger partial charge in [-0.2, -0.15) is 0 Å².